The predicted octanol–water partition coefficient (Wildman–Crippen LogP) is 4.82. The number of carbonyl (C=O) groups is 1. The van der Waals surface area contributed by atoms with Crippen molar-refractivity contribution in [3.63, 3.8) is 0 Å². The van der Waals surface area contributed by atoms with E-state index in [0.29, 0.717) is 5.56 Å². The third-order valence-corrected chi connectivity index (χ3v) is 6.68. The number of alkyl halides is 3. The zero-order chi connectivity index (χ0) is 26.9. The number of nitrogens with one attached hydrogen (secondary N) is 1. The van der Waals surface area contributed by atoms with Crippen molar-refractivity contribution in [1.82, 2.24) is 9.97 Å². The average Bonchev–Trinajstić information content (AvgIpc) is 2.78. The first kappa shape index (κ1) is 26.9. The lowest BCUT2D eigenvalue weighted by atomic mass is 9.93. The molecule has 1 aromatic carbocycles. The molecule has 0 radical (unpaired) electrons. The van der Waals surface area contributed by atoms with Gasteiger partial charge in [0.15, 0.2) is 5.03 Å². The SMILES string of the molecule is Cc1ccccc1-c1nc(NS(=O)(=O)c2cccc(N(C)CC(C)(C)C(=O)O)n2)ccc1C(F)(F)F. The van der Waals surface area contributed by atoms with Gasteiger partial charge in [-0.25, -0.2) is 9.97 Å². The molecule has 12 heteroatoms. The van der Waals surface area contributed by atoms with Crippen LogP contribution in [0, 0.1) is 12.3 Å². The van der Waals surface area contributed by atoms with E-state index in [4.69, 9.17) is 0 Å². The number of rotatable bonds is 8. The summed E-state index contributed by atoms with van der Waals surface area (Å²) in [7, 11) is -2.76. The van der Waals surface area contributed by atoms with Crippen molar-refractivity contribution in [3.05, 3.63) is 65.7 Å². The molecule has 0 aliphatic carbocycles. The minimum atomic E-state index is -4.70. The number of pyridine rings is 2. The number of nitrogens with zero attached hydrogens (tertiary/aromatic N) is 3. The molecule has 0 amide bonds. The lowest BCUT2D eigenvalue weighted by molar-refractivity contribution is -0.146. The van der Waals surface area contributed by atoms with Crippen LogP contribution in [0.4, 0.5) is 24.8 Å². The summed E-state index contributed by atoms with van der Waals surface area (Å²) in [5.41, 5.74) is -1.77. The number of carboxylic acid groups (broad SMARTS) is 1. The third-order valence-electron chi connectivity index (χ3n) is 5.43. The zero-order valence-electron chi connectivity index (χ0n) is 20.0. The third kappa shape index (κ3) is 5.93. The van der Waals surface area contributed by atoms with Crippen LogP contribution < -0.4 is 9.62 Å². The van der Waals surface area contributed by atoms with E-state index in [-0.39, 0.29) is 23.7 Å². The van der Waals surface area contributed by atoms with E-state index in [1.807, 2.05) is 0 Å². The Morgan fingerprint density at radius 2 is 1.69 bits per heavy atom. The van der Waals surface area contributed by atoms with Gasteiger partial charge >= 0.3 is 12.1 Å². The van der Waals surface area contributed by atoms with Crippen LogP contribution in [0.5, 0.6) is 0 Å². The zero-order valence-corrected chi connectivity index (χ0v) is 20.8. The van der Waals surface area contributed by atoms with Crippen molar-refractivity contribution in [1.29, 1.82) is 0 Å². The van der Waals surface area contributed by atoms with Gasteiger partial charge in [-0.2, -0.15) is 21.6 Å². The number of aliphatic carboxylic acids is 1. The van der Waals surface area contributed by atoms with E-state index in [1.165, 1.54) is 43.0 Å². The first-order chi connectivity index (χ1) is 16.6. The Hall–Kier alpha value is -3.67. The van der Waals surface area contributed by atoms with Crippen LogP contribution in [0.2, 0.25) is 0 Å². The lowest BCUT2D eigenvalue weighted by Gasteiger charge is -2.27. The molecule has 3 rings (SSSR count). The minimum Gasteiger partial charge on any atom is -0.481 e. The smallest absolute Gasteiger partial charge is 0.418 e. The van der Waals surface area contributed by atoms with Gasteiger partial charge in [-0.15, -0.1) is 0 Å². The van der Waals surface area contributed by atoms with E-state index in [0.717, 1.165) is 12.1 Å². The number of sulfonamides is 1. The average molecular weight is 523 g/mol. The topological polar surface area (TPSA) is 112 Å². The fraction of sp³-hybridized carbons (Fsp3) is 0.292. The molecule has 0 fully saturated rings. The maximum Gasteiger partial charge on any atom is 0.418 e. The molecular formula is C24H25F3N4O4S. The highest BCUT2D eigenvalue weighted by Crippen LogP contribution is 2.38. The van der Waals surface area contributed by atoms with Gasteiger partial charge in [0.1, 0.15) is 11.6 Å². The fourth-order valence-electron chi connectivity index (χ4n) is 3.49. The number of aromatic nitrogens is 2. The largest absolute Gasteiger partial charge is 0.481 e. The molecule has 2 aromatic heterocycles. The number of halogens is 3. The van der Waals surface area contributed by atoms with Gasteiger partial charge in [0.2, 0.25) is 0 Å². The quantitative estimate of drug-likeness (QED) is 0.436. The van der Waals surface area contributed by atoms with Gasteiger partial charge in [0.05, 0.1) is 16.7 Å². The van der Waals surface area contributed by atoms with Crippen molar-refractivity contribution in [2.24, 2.45) is 5.41 Å². The molecule has 0 saturated heterocycles. The fourth-order valence-corrected chi connectivity index (χ4v) is 4.45. The maximum absolute atomic E-state index is 13.7. The van der Waals surface area contributed by atoms with E-state index in [1.54, 1.807) is 32.2 Å². The second-order valence-corrected chi connectivity index (χ2v) is 10.5. The number of carboxylic acids is 1. The molecule has 2 heterocycles. The molecule has 0 spiro atoms. The molecular weight excluding hydrogens is 497 g/mol. The standard InChI is InChI=1S/C24H25F3N4O4S/c1-15-8-5-6-9-16(15)21-17(24(25,26)27)12-13-18(28-21)30-36(34,35)20-11-7-10-19(29-20)31(4)14-23(2,3)22(32)33/h5-13H,14H2,1-4H3,(H,28,30)(H,32,33). The summed E-state index contributed by atoms with van der Waals surface area (Å²) in [5, 5.41) is 8.94. The molecule has 0 unspecified atom stereocenters. The van der Waals surface area contributed by atoms with Gasteiger partial charge in [0, 0.05) is 19.2 Å². The Balaban J connectivity index is 1.97. The molecule has 0 aliphatic rings. The Kier molecular flexibility index (Phi) is 7.30. The Morgan fingerprint density at radius 3 is 2.31 bits per heavy atom. The molecule has 0 aliphatic heterocycles. The second-order valence-electron chi connectivity index (χ2n) is 8.89. The van der Waals surface area contributed by atoms with Gasteiger partial charge < -0.3 is 10.0 Å². The molecule has 8 nitrogen and oxygen atoms in total. The molecule has 0 saturated carbocycles. The van der Waals surface area contributed by atoms with Crippen molar-refractivity contribution in [3.8, 4) is 11.3 Å². The maximum atomic E-state index is 13.7. The van der Waals surface area contributed by atoms with Crippen molar-refractivity contribution < 1.29 is 31.5 Å². The van der Waals surface area contributed by atoms with Crippen LogP contribution in [0.3, 0.4) is 0 Å². The first-order valence-corrected chi connectivity index (χ1v) is 12.2. The van der Waals surface area contributed by atoms with Crippen molar-refractivity contribution >= 4 is 27.6 Å². The summed E-state index contributed by atoms with van der Waals surface area (Å²) >= 11 is 0. The number of aryl methyl sites for hydroxylation is 1. The molecule has 0 atom stereocenters. The van der Waals surface area contributed by atoms with Crippen LogP contribution in [0.15, 0.2) is 59.6 Å². The monoisotopic (exact) mass is 522 g/mol. The van der Waals surface area contributed by atoms with Crippen LogP contribution in [-0.4, -0.2) is 43.1 Å². The lowest BCUT2D eigenvalue weighted by Crippen LogP contribution is -2.37. The summed E-state index contributed by atoms with van der Waals surface area (Å²) in [6, 6.07) is 12.2. The normalized spacial score (nSPS) is 12.3. The minimum absolute atomic E-state index is 0.0481. The number of anilines is 2. The van der Waals surface area contributed by atoms with Crippen LogP contribution in [-0.2, 0) is 21.0 Å². The van der Waals surface area contributed by atoms with Crippen molar-refractivity contribution in [2.45, 2.75) is 32.0 Å². The van der Waals surface area contributed by atoms with Gasteiger partial charge in [-0.05, 0) is 50.6 Å². The highest BCUT2D eigenvalue weighted by atomic mass is 32.2. The molecule has 36 heavy (non-hydrogen) atoms. The molecule has 3 aromatic rings. The first-order valence-electron chi connectivity index (χ1n) is 10.7. The van der Waals surface area contributed by atoms with Crippen LogP contribution >= 0.6 is 0 Å². The summed E-state index contributed by atoms with van der Waals surface area (Å²) < 4.78 is 69.2. The Bertz CT molecular complexity index is 1390. The summed E-state index contributed by atoms with van der Waals surface area (Å²) in [6.07, 6.45) is -4.70. The highest BCUT2D eigenvalue weighted by molar-refractivity contribution is 7.92. The Labute approximate surface area is 206 Å². The van der Waals surface area contributed by atoms with Crippen LogP contribution in [0.1, 0.15) is 25.0 Å². The van der Waals surface area contributed by atoms with Crippen LogP contribution in [0.25, 0.3) is 11.3 Å². The summed E-state index contributed by atoms with van der Waals surface area (Å²) in [4.78, 5) is 21.0. The van der Waals surface area contributed by atoms with E-state index in [2.05, 4.69) is 14.7 Å². The second kappa shape index (κ2) is 9.76. The van der Waals surface area contributed by atoms with Crippen molar-refractivity contribution in [2.75, 3.05) is 23.2 Å². The molecule has 2 N–H and O–H groups in total. The highest BCUT2D eigenvalue weighted by Gasteiger charge is 2.35. The molecule has 0 bridgehead atoms. The number of benzene rings is 1. The summed E-state index contributed by atoms with van der Waals surface area (Å²) in [5.74, 6) is -1.14. The number of hydrogen-bond donors (Lipinski definition) is 2. The predicted molar refractivity (Wildman–Crippen MR) is 129 cm³/mol. The van der Waals surface area contributed by atoms with E-state index >= 15 is 0 Å². The summed E-state index contributed by atoms with van der Waals surface area (Å²) in [6.45, 7) is 4.73. The van der Waals surface area contributed by atoms with Gasteiger partial charge in [-0.3, -0.25) is 9.52 Å². The van der Waals surface area contributed by atoms with Gasteiger partial charge in [0.25, 0.3) is 10.0 Å². The van der Waals surface area contributed by atoms with E-state index < -0.39 is 43.9 Å². The Morgan fingerprint density at radius 1 is 1.03 bits per heavy atom. The number of hydrogen-bond acceptors (Lipinski definition) is 6. The molecule has 192 valence electrons. The van der Waals surface area contributed by atoms with Gasteiger partial charge in [-0.1, -0.05) is 30.3 Å². The van der Waals surface area contributed by atoms with E-state index in [9.17, 15) is 31.5 Å².